The Labute approximate surface area is 301 Å². The monoisotopic (exact) mass is 703 g/mol. The quantitative estimate of drug-likeness (QED) is 0.173. The Morgan fingerprint density at radius 2 is 1.47 bits per heavy atom. The van der Waals surface area contributed by atoms with Crippen LogP contribution in [0, 0.1) is 5.41 Å². The molecule has 0 aliphatic heterocycles. The number of amides is 4. The Balaban J connectivity index is 1.96. The van der Waals surface area contributed by atoms with Crippen LogP contribution in [0.5, 0.6) is 0 Å². The van der Waals surface area contributed by atoms with Crippen molar-refractivity contribution in [3.8, 4) is 11.3 Å². The molecule has 12 heteroatoms. The fourth-order valence-electron chi connectivity index (χ4n) is 5.54. The number of ether oxygens (including phenoxy) is 2. The van der Waals surface area contributed by atoms with Crippen molar-refractivity contribution in [3.05, 3.63) is 90.1 Å². The highest BCUT2D eigenvalue weighted by molar-refractivity contribution is 5.84. The number of rotatable bonds is 14. The molecule has 0 saturated heterocycles. The highest BCUT2D eigenvalue weighted by Crippen LogP contribution is 2.24. The van der Waals surface area contributed by atoms with Gasteiger partial charge in [-0.3, -0.25) is 14.6 Å². The van der Waals surface area contributed by atoms with Gasteiger partial charge in [0.15, 0.2) is 6.10 Å². The summed E-state index contributed by atoms with van der Waals surface area (Å²) in [6.45, 7) is 10.5. The number of aromatic nitrogens is 1. The maximum atomic E-state index is 13.8. The van der Waals surface area contributed by atoms with Crippen molar-refractivity contribution >= 4 is 24.0 Å². The number of nitrogens with one attached hydrogen (secondary N) is 3. The van der Waals surface area contributed by atoms with E-state index in [9.17, 15) is 24.3 Å². The lowest BCUT2D eigenvalue weighted by Gasteiger charge is -2.37. The first-order valence-electron chi connectivity index (χ1n) is 17.1. The standard InChI is InChI=1S/C39H53N5O7/c1-38(2,3)34(51-37(49)40-7)35(47)43-31(23-26-14-10-9-11-15-26)32(45)24-29(42-36(48)44(39(4,5)6)25-33(46)50-8)22-27-17-19-28(20-18-27)30-16-12-13-21-41-30/h9-21,29,31-32,34,45H,22-25H2,1-8H3,(H,40,49)(H,42,48)(H,43,47). The zero-order valence-electron chi connectivity index (χ0n) is 30.9. The van der Waals surface area contributed by atoms with Gasteiger partial charge in [-0.2, -0.15) is 0 Å². The zero-order valence-corrected chi connectivity index (χ0v) is 30.9. The first kappa shape index (κ1) is 40.5. The van der Waals surface area contributed by atoms with E-state index in [1.165, 1.54) is 19.1 Å². The molecule has 2 aromatic carbocycles. The number of alkyl carbamates (subject to hydrolysis) is 1. The van der Waals surface area contributed by atoms with Gasteiger partial charge in [0.2, 0.25) is 0 Å². The van der Waals surface area contributed by atoms with Crippen molar-refractivity contribution in [1.29, 1.82) is 0 Å². The molecule has 12 nitrogen and oxygen atoms in total. The van der Waals surface area contributed by atoms with Gasteiger partial charge in [-0.15, -0.1) is 0 Å². The molecule has 4 unspecified atom stereocenters. The van der Waals surface area contributed by atoms with Crippen molar-refractivity contribution in [3.63, 3.8) is 0 Å². The van der Waals surface area contributed by atoms with Crippen LogP contribution in [0.4, 0.5) is 9.59 Å². The molecule has 0 bridgehead atoms. The maximum Gasteiger partial charge on any atom is 0.407 e. The average Bonchev–Trinajstić information content (AvgIpc) is 3.08. The van der Waals surface area contributed by atoms with Crippen LogP contribution < -0.4 is 16.0 Å². The van der Waals surface area contributed by atoms with Crippen LogP contribution in [0.15, 0.2) is 79.0 Å². The third kappa shape index (κ3) is 12.7. The second-order valence-corrected chi connectivity index (χ2v) is 14.6. The van der Waals surface area contributed by atoms with Crippen LogP contribution in [0.2, 0.25) is 0 Å². The van der Waals surface area contributed by atoms with Gasteiger partial charge in [-0.25, -0.2) is 9.59 Å². The topological polar surface area (TPSA) is 159 Å². The van der Waals surface area contributed by atoms with Crippen LogP contribution in [0.1, 0.15) is 59.1 Å². The van der Waals surface area contributed by atoms with E-state index in [0.717, 1.165) is 22.4 Å². The van der Waals surface area contributed by atoms with Gasteiger partial charge in [0, 0.05) is 35.8 Å². The number of hydrogen-bond acceptors (Lipinski definition) is 8. The molecule has 4 atom stereocenters. The van der Waals surface area contributed by atoms with Crippen LogP contribution >= 0.6 is 0 Å². The molecular weight excluding hydrogens is 650 g/mol. The summed E-state index contributed by atoms with van der Waals surface area (Å²) in [6.07, 6.45) is -0.704. The predicted octanol–water partition coefficient (Wildman–Crippen LogP) is 4.89. The molecule has 4 amide bonds. The lowest BCUT2D eigenvalue weighted by atomic mass is 9.87. The lowest BCUT2D eigenvalue weighted by Crippen LogP contribution is -2.57. The summed E-state index contributed by atoms with van der Waals surface area (Å²) in [5.41, 5.74) is 2.01. The molecule has 4 N–H and O–H groups in total. The van der Waals surface area contributed by atoms with Crippen molar-refractivity contribution in [2.75, 3.05) is 20.7 Å². The van der Waals surface area contributed by atoms with Gasteiger partial charge in [0.25, 0.3) is 5.91 Å². The number of urea groups is 1. The number of aliphatic hydroxyl groups is 1. The number of esters is 1. The molecule has 276 valence electrons. The molecule has 51 heavy (non-hydrogen) atoms. The van der Waals surface area contributed by atoms with E-state index in [4.69, 9.17) is 9.47 Å². The minimum atomic E-state index is -1.16. The molecule has 1 heterocycles. The first-order valence-corrected chi connectivity index (χ1v) is 17.1. The second kappa shape index (κ2) is 18.3. The predicted molar refractivity (Wildman–Crippen MR) is 196 cm³/mol. The fraction of sp³-hybridized carbons (Fsp3) is 0.462. The Kier molecular flexibility index (Phi) is 14.5. The normalized spacial score (nSPS) is 13.9. The number of nitrogens with zero attached hydrogens (tertiary/aromatic N) is 2. The Bertz CT molecular complexity index is 1570. The highest BCUT2D eigenvalue weighted by atomic mass is 16.6. The summed E-state index contributed by atoms with van der Waals surface area (Å²) in [5.74, 6) is -1.13. The molecule has 3 rings (SSSR count). The van der Waals surface area contributed by atoms with Crippen LogP contribution in [-0.2, 0) is 31.9 Å². The summed E-state index contributed by atoms with van der Waals surface area (Å²) < 4.78 is 10.3. The third-order valence-electron chi connectivity index (χ3n) is 8.36. The minimum Gasteiger partial charge on any atom is -0.468 e. The van der Waals surface area contributed by atoms with E-state index >= 15 is 0 Å². The van der Waals surface area contributed by atoms with Crippen molar-refractivity contribution in [1.82, 2.24) is 25.8 Å². The first-order chi connectivity index (χ1) is 24.0. The minimum absolute atomic E-state index is 0.0399. The lowest BCUT2D eigenvalue weighted by molar-refractivity contribution is -0.142. The molecule has 3 aromatic rings. The molecule has 0 radical (unpaired) electrons. The summed E-state index contributed by atoms with van der Waals surface area (Å²) in [5, 5.41) is 20.3. The van der Waals surface area contributed by atoms with E-state index in [-0.39, 0.29) is 19.4 Å². The van der Waals surface area contributed by atoms with E-state index in [0.29, 0.717) is 6.42 Å². The Morgan fingerprint density at radius 1 is 0.843 bits per heavy atom. The molecule has 0 spiro atoms. The number of benzene rings is 2. The van der Waals surface area contributed by atoms with Crippen molar-refractivity contribution in [2.45, 2.75) is 90.6 Å². The van der Waals surface area contributed by atoms with Crippen LogP contribution in [0.3, 0.4) is 0 Å². The molecule has 0 aliphatic carbocycles. The maximum absolute atomic E-state index is 13.8. The second-order valence-electron chi connectivity index (χ2n) is 14.6. The molecule has 0 aliphatic rings. The molecule has 0 fully saturated rings. The largest absolute Gasteiger partial charge is 0.468 e. The number of methoxy groups -OCH3 is 1. The molecular formula is C39H53N5O7. The summed E-state index contributed by atoms with van der Waals surface area (Å²) in [4.78, 5) is 57.8. The Hall–Kier alpha value is -4.97. The molecule has 1 aromatic heterocycles. The zero-order chi connectivity index (χ0) is 37.8. The fourth-order valence-corrected chi connectivity index (χ4v) is 5.54. The summed E-state index contributed by atoms with van der Waals surface area (Å²) in [7, 11) is 2.67. The van der Waals surface area contributed by atoms with Crippen molar-refractivity contribution in [2.24, 2.45) is 5.41 Å². The van der Waals surface area contributed by atoms with Crippen LogP contribution in [0.25, 0.3) is 11.3 Å². The number of aliphatic hydroxyl groups excluding tert-OH is 1. The number of carbonyl (C=O) groups is 4. The number of hydrogen-bond donors (Lipinski definition) is 4. The van der Waals surface area contributed by atoms with Gasteiger partial charge in [-0.1, -0.05) is 81.4 Å². The third-order valence-corrected chi connectivity index (χ3v) is 8.36. The summed E-state index contributed by atoms with van der Waals surface area (Å²) in [6, 6.07) is 20.9. The average molecular weight is 704 g/mol. The number of carbonyl (C=O) groups excluding carboxylic acids is 4. The van der Waals surface area contributed by atoms with Gasteiger partial charge in [0.1, 0.15) is 6.54 Å². The van der Waals surface area contributed by atoms with Gasteiger partial charge in [0.05, 0.1) is 24.9 Å². The van der Waals surface area contributed by atoms with E-state index in [1.807, 2.05) is 93.6 Å². The van der Waals surface area contributed by atoms with Gasteiger partial charge >= 0.3 is 18.1 Å². The van der Waals surface area contributed by atoms with Gasteiger partial charge in [-0.05, 0) is 63.3 Å². The molecule has 0 saturated carbocycles. The smallest absolute Gasteiger partial charge is 0.407 e. The van der Waals surface area contributed by atoms with Crippen molar-refractivity contribution < 1.29 is 33.8 Å². The van der Waals surface area contributed by atoms with Crippen LogP contribution in [-0.4, -0.2) is 89.5 Å². The highest BCUT2D eigenvalue weighted by Gasteiger charge is 2.38. The summed E-state index contributed by atoms with van der Waals surface area (Å²) >= 11 is 0. The van der Waals surface area contributed by atoms with E-state index in [2.05, 4.69) is 20.9 Å². The van der Waals surface area contributed by atoms with E-state index in [1.54, 1.807) is 27.0 Å². The Morgan fingerprint density at radius 3 is 2.02 bits per heavy atom. The van der Waals surface area contributed by atoms with Gasteiger partial charge < -0.3 is 35.4 Å². The SMILES string of the molecule is CNC(=O)OC(C(=O)NC(Cc1ccccc1)C(O)CC(Cc1ccc(-c2ccccn2)cc1)NC(=O)N(CC(=O)OC)C(C)(C)C)C(C)(C)C. The number of pyridine rings is 1. The van der Waals surface area contributed by atoms with E-state index < -0.39 is 59.2 Å².